The Morgan fingerprint density at radius 1 is 0.905 bits per heavy atom. The molecule has 0 aliphatic rings. The van der Waals surface area contributed by atoms with Crippen LogP contribution in [0.2, 0.25) is 0 Å². The van der Waals surface area contributed by atoms with Gasteiger partial charge in [-0.05, 0) is 25.5 Å². The average Bonchev–Trinajstić information content (AvgIpc) is 2.56. The topological polar surface area (TPSA) is 44.0 Å². The molecule has 0 saturated carbocycles. The van der Waals surface area contributed by atoms with Crippen molar-refractivity contribution in [2.45, 2.75) is 61.1 Å². The first-order chi connectivity index (χ1) is 10.2. The van der Waals surface area contributed by atoms with Gasteiger partial charge < -0.3 is 0 Å². The SMILES string of the molecule is CC.CC.CCCn1c(=O)c2ccccc2n(CC)c1=O. The van der Waals surface area contributed by atoms with Gasteiger partial charge in [0.05, 0.1) is 10.9 Å². The summed E-state index contributed by atoms with van der Waals surface area (Å²) < 4.78 is 2.97. The molecule has 0 bridgehead atoms. The summed E-state index contributed by atoms with van der Waals surface area (Å²) in [5, 5.41) is 0.613. The number of fused-ring (bicyclic) bond motifs is 1. The Kier molecular flexibility index (Phi) is 9.10. The Labute approximate surface area is 127 Å². The largest absolute Gasteiger partial charge is 0.331 e. The second-order valence-corrected chi connectivity index (χ2v) is 4.00. The Balaban J connectivity index is 0.000000921. The van der Waals surface area contributed by atoms with E-state index < -0.39 is 0 Å². The quantitative estimate of drug-likeness (QED) is 0.866. The van der Waals surface area contributed by atoms with Crippen LogP contribution in [-0.4, -0.2) is 9.13 Å². The summed E-state index contributed by atoms with van der Waals surface area (Å²) in [5.41, 5.74) is 0.326. The lowest BCUT2D eigenvalue weighted by molar-refractivity contribution is 0.575. The van der Waals surface area contributed by atoms with E-state index in [1.54, 1.807) is 10.6 Å². The minimum absolute atomic E-state index is 0.183. The number of aryl methyl sites for hydroxylation is 1. The van der Waals surface area contributed by atoms with E-state index >= 15 is 0 Å². The van der Waals surface area contributed by atoms with Gasteiger partial charge in [0.2, 0.25) is 0 Å². The molecule has 2 rings (SSSR count). The zero-order chi connectivity index (χ0) is 16.4. The van der Waals surface area contributed by atoms with Gasteiger partial charge in [-0.25, -0.2) is 4.79 Å². The molecule has 0 aliphatic carbocycles. The van der Waals surface area contributed by atoms with Crippen molar-refractivity contribution in [3.8, 4) is 0 Å². The number of hydrogen-bond donors (Lipinski definition) is 0. The molecule has 4 nitrogen and oxygen atoms in total. The normalized spacial score (nSPS) is 9.43. The molecule has 0 atom stereocenters. The number of para-hydroxylation sites is 1. The van der Waals surface area contributed by atoms with Crippen LogP contribution in [0.1, 0.15) is 48.0 Å². The van der Waals surface area contributed by atoms with Gasteiger partial charge in [-0.15, -0.1) is 0 Å². The molecule has 0 amide bonds. The van der Waals surface area contributed by atoms with Crippen molar-refractivity contribution in [2.75, 3.05) is 0 Å². The molecule has 0 fully saturated rings. The highest BCUT2D eigenvalue weighted by Crippen LogP contribution is 2.07. The van der Waals surface area contributed by atoms with Crippen molar-refractivity contribution in [2.24, 2.45) is 0 Å². The first-order valence-electron chi connectivity index (χ1n) is 7.93. The molecule has 118 valence electrons. The Hall–Kier alpha value is -1.84. The van der Waals surface area contributed by atoms with Crippen LogP contribution in [0.5, 0.6) is 0 Å². The van der Waals surface area contributed by atoms with Gasteiger partial charge in [0.25, 0.3) is 5.56 Å². The molecule has 2 aromatic rings. The molecule has 0 spiro atoms. The minimum atomic E-state index is -0.210. The summed E-state index contributed by atoms with van der Waals surface area (Å²) in [6.45, 7) is 12.9. The first-order valence-corrected chi connectivity index (χ1v) is 7.93. The lowest BCUT2D eigenvalue weighted by Crippen LogP contribution is -2.39. The van der Waals surface area contributed by atoms with E-state index in [9.17, 15) is 9.59 Å². The molecule has 1 aromatic carbocycles. The van der Waals surface area contributed by atoms with Crippen LogP contribution in [-0.2, 0) is 13.1 Å². The van der Waals surface area contributed by atoms with Crippen LogP contribution in [0.25, 0.3) is 10.9 Å². The van der Waals surface area contributed by atoms with Crippen LogP contribution in [0.3, 0.4) is 0 Å². The number of hydrogen-bond acceptors (Lipinski definition) is 2. The number of rotatable bonds is 3. The standard InChI is InChI=1S/C13H16N2O2.2C2H6/c1-3-9-15-12(16)10-7-5-6-8-11(10)14(4-2)13(15)17;2*1-2/h5-8H,3-4,9H2,1-2H3;2*1-2H3. The molecule has 0 radical (unpaired) electrons. The van der Waals surface area contributed by atoms with E-state index in [4.69, 9.17) is 0 Å². The molecular weight excluding hydrogens is 264 g/mol. The summed E-state index contributed by atoms with van der Waals surface area (Å²) in [4.78, 5) is 24.3. The van der Waals surface area contributed by atoms with Gasteiger partial charge in [0.15, 0.2) is 0 Å². The van der Waals surface area contributed by atoms with Crippen molar-refractivity contribution in [3.05, 3.63) is 45.1 Å². The van der Waals surface area contributed by atoms with E-state index in [1.165, 1.54) is 4.57 Å². The molecule has 21 heavy (non-hydrogen) atoms. The minimum Gasteiger partial charge on any atom is -0.293 e. The fraction of sp³-hybridized carbons (Fsp3) is 0.529. The fourth-order valence-electron chi connectivity index (χ4n) is 2.10. The molecule has 0 N–H and O–H groups in total. The summed E-state index contributed by atoms with van der Waals surface area (Å²) in [6, 6.07) is 7.26. The Morgan fingerprint density at radius 2 is 1.48 bits per heavy atom. The highest BCUT2D eigenvalue weighted by atomic mass is 16.2. The number of nitrogens with zero attached hydrogens (tertiary/aromatic N) is 2. The molecule has 1 heterocycles. The van der Waals surface area contributed by atoms with Crippen molar-refractivity contribution in [1.82, 2.24) is 9.13 Å². The summed E-state index contributed by atoms with van der Waals surface area (Å²) in [6.07, 6.45) is 0.775. The molecular formula is C17H28N2O2. The van der Waals surface area contributed by atoms with Gasteiger partial charge in [-0.3, -0.25) is 13.9 Å². The van der Waals surface area contributed by atoms with Crippen molar-refractivity contribution in [1.29, 1.82) is 0 Å². The summed E-state index contributed by atoms with van der Waals surface area (Å²) >= 11 is 0. The maximum Gasteiger partial charge on any atom is 0.331 e. The smallest absolute Gasteiger partial charge is 0.293 e. The van der Waals surface area contributed by atoms with E-state index in [2.05, 4.69) is 0 Å². The van der Waals surface area contributed by atoms with Gasteiger partial charge in [0, 0.05) is 13.1 Å². The molecule has 0 unspecified atom stereocenters. The van der Waals surface area contributed by atoms with Crippen LogP contribution in [0.15, 0.2) is 33.9 Å². The van der Waals surface area contributed by atoms with Crippen molar-refractivity contribution < 1.29 is 0 Å². The van der Waals surface area contributed by atoms with Gasteiger partial charge in [0.1, 0.15) is 0 Å². The third kappa shape index (κ3) is 4.06. The average molecular weight is 292 g/mol. The van der Waals surface area contributed by atoms with Crippen LogP contribution < -0.4 is 11.2 Å². The summed E-state index contributed by atoms with van der Waals surface area (Å²) in [5.74, 6) is 0. The molecule has 1 aromatic heterocycles. The van der Waals surface area contributed by atoms with Crippen molar-refractivity contribution >= 4 is 10.9 Å². The Bertz CT molecular complexity index is 654. The highest BCUT2D eigenvalue weighted by Gasteiger charge is 2.10. The monoisotopic (exact) mass is 292 g/mol. The molecule has 4 heteroatoms. The van der Waals surface area contributed by atoms with Gasteiger partial charge >= 0.3 is 5.69 Å². The van der Waals surface area contributed by atoms with E-state index in [-0.39, 0.29) is 11.2 Å². The predicted molar refractivity (Wildman–Crippen MR) is 91.1 cm³/mol. The predicted octanol–water partition coefficient (Wildman–Crippen LogP) is 3.65. The van der Waals surface area contributed by atoms with Crippen LogP contribution in [0.4, 0.5) is 0 Å². The van der Waals surface area contributed by atoms with Crippen LogP contribution >= 0.6 is 0 Å². The third-order valence-corrected chi connectivity index (χ3v) is 2.90. The van der Waals surface area contributed by atoms with Crippen LogP contribution in [0, 0.1) is 0 Å². The van der Waals surface area contributed by atoms with E-state index in [1.807, 2.05) is 59.7 Å². The lowest BCUT2D eigenvalue weighted by atomic mass is 10.2. The number of aromatic nitrogens is 2. The zero-order valence-corrected chi connectivity index (χ0v) is 14.1. The van der Waals surface area contributed by atoms with Crippen molar-refractivity contribution in [3.63, 3.8) is 0 Å². The lowest BCUT2D eigenvalue weighted by Gasteiger charge is -2.11. The fourth-order valence-corrected chi connectivity index (χ4v) is 2.10. The maximum atomic E-state index is 12.2. The van der Waals surface area contributed by atoms with E-state index in [0.717, 1.165) is 11.9 Å². The van der Waals surface area contributed by atoms with Gasteiger partial charge in [-0.1, -0.05) is 46.8 Å². The van der Waals surface area contributed by atoms with E-state index in [0.29, 0.717) is 18.5 Å². The Morgan fingerprint density at radius 3 is 2.00 bits per heavy atom. The molecule has 0 aliphatic heterocycles. The summed E-state index contributed by atoms with van der Waals surface area (Å²) in [7, 11) is 0. The second-order valence-electron chi connectivity index (χ2n) is 4.00. The highest BCUT2D eigenvalue weighted by molar-refractivity contribution is 5.77. The zero-order valence-electron chi connectivity index (χ0n) is 14.1. The second kappa shape index (κ2) is 9.97. The maximum absolute atomic E-state index is 12.2. The number of benzene rings is 1. The molecule has 0 saturated heterocycles. The van der Waals surface area contributed by atoms with Gasteiger partial charge in [-0.2, -0.15) is 0 Å². The first kappa shape index (κ1) is 19.2. The third-order valence-electron chi connectivity index (χ3n) is 2.90.